The molecule has 5 nitrogen and oxygen atoms in total. The summed E-state index contributed by atoms with van der Waals surface area (Å²) in [5.41, 5.74) is -0.0538. The van der Waals surface area contributed by atoms with E-state index in [0.717, 1.165) is 24.8 Å². The van der Waals surface area contributed by atoms with Crippen molar-refractivity contribution in [3.8, 4) is 0 Å². The van der Waals surface area contributed by atoms with Crippen molar-refractivity contribution in [3.05, 3.63) is 23.3 Å². The standard InChI is InChI=1S/C23H28O5/c1-21-7-5-15(24)10-14(21)3-4-17-18(21)11-19(25)22(2)16(6-8-23(17,22)27)13-9-20(26)28-12-13/h9-10,16-18,27H,3-8,11-12H2,1-2H3/t16-,17-,18+,21+,22+,23+/m1/s1. The van der Waals surface area contributed by atoms with E-state index >= 15 is 0 Å². The minimum atomic E-state index is -1.06. The summed E-state index contributed by atoms with van der Waals surface area (Å²) in [6.07, 6.45) is 8.03. The van der Waals surface area contributed by atoms with Crippen LogP contribution in [0.2, 0.25) is 0 Å². The van der Waals surface area contributed by atoms with Crippen LogP contribution in [0.5, 0.6) is 0 Å². The van der Waals surface area contributed by atoms with Crippen LogP contribution in [0.25, 0.3) is 0 Å². The molecule has 4 aliphatic carbocycles. The van der Waals surface area contributed by atoms with Crippen LogP contribution in [-0.4, -0.2) is 34.9 Å². The van der Waals surface area contributed by atoms with Gasteiger partial charge in [0, 0.05) is 18.9 Å². The number of ether oxygens (including phenoxy) is 1. The Kier molecular flexibility index (Phi) is 3.69. The van der Waals surface area contributed by atoms with E-state index in [1.54, 1.807) is 0 Å². The van der Waals surface area contributed by atoms with E-state index in [1.807, 2.05) is 13.0 Å². The van der Waals surface area contributed by atoms with Crippen LogP contribution >= 0.6 is 0 Å². The number of ketones is 2. The SMILES string of the molecule is C[C@]12CCC(=O)C=C1CC[C@@H]1[C@@H]2CC(=O)[C@]2(C)[C@@H](C3=CC(=O)OC3)CC[C@]12O. The molecule has 0 aromatic carbocycles. The maximum atomic E-state index is 13.6. The second-order valence-corrected chi connectivity index (χ2v) is 9.98. The Morgan fingerprint density at radius 2 is 1.82 bits per heavy atom. The van der Waals surface area contributed by atoms with Crippen molar-refractivity contribution >= 4 is 17.5 Å². The van der Waals surface area contributed by atoms with Gasteiger partial charge in [-0.05, 0) is 73.8 Å². The largest absolute Gasteiger partial charge is 0.458 e. The molecule has 0 radical (unpaired) electrons. The van der Waals surface area contributed by atoms with Gasteiger partial charge in [-0.25, -0.2) is 4.79 Å². The first kappa shape index (κ1) is 18.3. The minimum Gasteiger partial charge on any atom is -0.458 e. The highest BCUT2D eigenvalue weighted by atomic mass is 16.5. The summed E-state index contributed by atoms with van der Waals surface area (Å²) in [5.74, 6) is -0.0413. The van der Waals surface area contributed by atoms with Gasteiger partial charge in [0.2, 0.25) is 0 Å². The lowest BCUT2D eigenvalue weighted by Gasteiger charge is -2.60. The van der Waals surface area contributed by atoms with Crippen molar-refractivity contribution in [2.24, 2.45) is 28.6 Å². The molecule has 0 unspecified atom stereocenters. The Bertz CT molecular complexity index is 853. The third-order valence-electron chi connectivity index (χ3n) is 9.13. The number of carbonyl (C=O) groups is 3. The first-order chi connectivity index (χ1) is 13.2. The van der Waals surface area contributed by atoms with E-state index in [-0.39, 0.29) is 47.3 Å². The zero-order chi connectivity index (χ0) is 19.9. The number of rotatable bonds is 1. The van der Waals surface area contributed by atoms with Crippen molar-refractivity contribution in [2.45, 2.75) is 64.4 Å². The van der Waals surface area contributed by atoms with Gasteiger partial charge < -0.3 is 9.84 Å². The number of allylic oxidation sites excluding steroid dienone is 1. The third-order valence-corrected chi connectivity index (χ3v) is 9.13. The van der Waals surface area contributed by atoms with Crippen LogP contribution in [0.15, 0.2) is 23.3 Å². The summed E-state index contributed by atoms with van der Waals surface area (Å²) in [4.78, 5) is 37.2. The number of aliphatic hydroxyl groups is 1. The van der Waals surface area contributed by atoms with Crippen molar-refractivity contribution in [1.29, 1.82) is 0 Å². The summed E-state index contributed by atoms with van der Waals surface area (Å²) >= 11 is 0. The molecular weight excluding hydrogens is 356 g/mol. The van der Waals surface area contributed by atoms with E-state index in [2.05, 4.69) is 6.92 Å². The van der Waals surface area contributed by atoms with Crippen LogP contribution in [0, 0.1) is 28.6 Å². The molecule has 0 aromatic heterocycles. The molecule has 0 spiro atoms. The zero-order valence-corrected chi connectivity index (χ0v) is 16.6. The molecule has 150 valence electrons. The van der Waals surface area contributed by atoms with E-state index in [0.29, 0.717) is 25.7 Å². The fraction of sp³-hybridized carbons (Fsp3) is 0.696. The number of Topliss-reactive ketones (excluding diaryl/α,β-unsaturated/α-hetero) is 1. The Labute approximate surface area is 165 Å². The molecule has 5 aliphatic rings. The Balaban J connectivity index is 1.56. The summed E-state index contributed by atoms with van der Waals surface area (Å²) in [7, 11) is 0. The number of esters is 1. The highest BCUT2D eigenvalue weighted by Gasteiger charge is 2.70. The summed E-state index contributed by atoms with van der Waals surface area (Å²) in [5, 5.41) is 12.0. The number of fused-ring (bicyclic) bond motifs is 5. The first-order valence-electron chi connectivity index (χ1n) is 10.6. The highest BCUT2D eigenvalue weighted by molar-refractivity contribution is 5.93. The molecule has 5 rings (SSSR count). The second-order valence-electron chi connectivity index (χ2n) is 9.98. The average molecular weight is 384 g/mol. The number of cyclic esters (lactones) is 1. The van der Waals surface area contributed by atoms with E-state index in [9.17, 15) is 19.5 Å². The Morgan fingerprint density at radius 3 is 2.54 bits per heavy atom. The van der Waals surface area contributed by atoms with Crippen molar-refractivity contribution in [1.82, 2.24) is 0 Å². The molecule has 1 heterocycles. The predicted octanol–water partition coefficient (Wildman–Crippen LogP) is 2.91. The smallest absolute Gasteiger partial charge is 0.331 e. The molecule has 0 amide bonds. The monoisotopic (exact) mass is 384 g/mol. The molecule has 1 N–H and O–H groups in total. The van der Waals surface area contributed by atoms with Crippen molar-refractivity contribution < 1.29 is 24.2 Å². The van der Waals surface area contributed by atoms with Crippen LogP contribution in [-0.2, 0) is 19.1 Å². The van der Waals surface area contributed by atoms with Crippen LogP contribution < -0.4 is 0 Å². The summed E-state index contributed by atoms with van der Waals surface area (Å²) < 4.78 is 5.11. The average Bonchev–Trinajstić information content (AvgIpc) is 3.19. The second kappa shape index (κ2) is 5.65. The zero-order valence-electron chi connectivity index (χ0n) is 16.6. The van der Waals surface area contributed by atoms with E-state index in [1.165, 1.54) is 11.6 Å². The lowest BCUT2D eigenvalue weighted by Crippen LogP contribution is -2.64. The van der Waals surface area contributed by atoms with Gasteiger partial charge in [0.25, 0.3) is 0 Å². The number of carbonyl (C=O) groups excluding carboxylic acids is 3. The Hall–Kier alpha value is -1.75. The quantitative estimate of drug-likeness (QED) is 0.703. The van der Waals surface area contributed by atoms with Crippen LogP contribution in [0.3, 0.4) is 0 Å². The fourth-order valence-corrected chi connectivity index (χ4v) is 7.43. The van der Waals surface area contributed by atoms with E-state index < -0.39 is 11.0 Å². The molecule has 0 aromatic rings. The third kappa shape index (κ3) is 2.09. The van der Waals surface area contributed by atoms with Gasteiger partial charge in [0.15, 0.2) is 5.78 Å². The van der Waals surface area contributed by atoms with E-state index in [4.69, 9.17) is 4.74 Å². The van der Waals surface area contributed by atoms with Gasteiger partial charge in [-0.3, -0.25) is 9.59 Å². The molecule has 3 fully saturated rings. The summed E-state index contributed by atoms with van der Waals surface area (Å²) in [6, 6.07) is 0. The lowest BCUT2D eigenvalue weighted by molar-refractivity contribution is -0.187. The van der Waals surface area contributed by atoms with Gasteiger partial charge in [0.1, 0.15) is 12.4 Å². The maximum absolute atomic E-state index is 13.6. The molecule has 3 saturated carbocycles. The molecule has 0 saturated heterocycles. The van der Waals surface area contributed by atoms with Gasteiger partial charge in [-0.2, -0.15) is 0 Å². The molecule has 0 bridgehead atoms. The summed E-state index contributed by atoms with van der Waals surface area (Å²) in [6.45, 7) is 4.36. The topological polar surface area (TPSA) is 80.7 Å². The maximum Gasteiger partial charge on any atom is 0.331 e. The van der Waals surface area contributed by atoms with Gasteiger partial charge in [-0.1, -0.05) is 12.5 Å². The number of hydrogen-bond donors (Lipinski definition) is 1. The molecule has 28 heavy (non-hydrogen) atoms. The Morgan fingerprint density at radius 1 is 1.04 bits per heavy atom. The van der Waals surface area contributed by atoms with Crippen LogP contribution in [0.1, 0.15) is 58.8 Å². The van der Waals surface area contributed by atoms with Gasteiger partial charge >= 0.3 is 5.97 Å². The first-order valence-corrected chi connectivity index (χ1v) is 10.6. The van der Waals surface area contributed by atoms with Crippen molar-refractivity contribution in [3.63, 3.8) is 0 Å². The lowest BCUT2D eigenvalue weighted by atomic mass is 9.44. The molecule has 1 aliphatic heterocycles. The van der Waals surface area contributed by atoms with Crippen molar-refractivity contribution in [2.75, 3.05) is 6.61 Å². The normalized spacial score (nSPS) is 47.7. The number of hydrogen-bond acceptors (Lipinski definition) is 5. The predicted molar refractivity (Wildman–Crippen MR) is 101 cm³/mol. The minimum absolute atomic E-state index is 0.0502. The highest BCUT2D eigenvalue weighted by Crippen LogP contribution is 2.68. The van der Waals surface area contributed by atoms with Crippen LogP contribution in [0.4, 0.5) is 0 Å². The molecule has 5 heteroatoms. The molecular formula is C23H28O5. The van der Waals surface area contributed by atoms with Gasteiger partial charge in [0.05, 0.1) is 11.0 Å². The molecule has 6 atom stereocenters. The fourth-order valence-electron chi connectivity index (χ4n) is 7.43. The van der Waals surface area contributed by atoms with Gasteiger partial charge in [-0.15, -0.1) is 0 Å².